The summed E-state index contributed by atoms with van der Waals surface area (Å²) in [5.41, 5.74) is 1.05. The van der Waals surface area contributed by atoms with Gasteiger partial charge in [0.1, 0.15) is 11.9 Å². The predicted octanol–water partition coefficient (Wildman–Crippen LogP) is 2.51. The lowest BCUT2D eigenvalue weighted by molar-refractivity contribution is -0.141. The molecule has 2 amide bonds. The van der Waals surface area contributed by atoms with E-state index in [1.165, 1.54) is 4.90 Å². The van der Waals surface area contributed by atoms with Gasteiger partial charge in [-0.3, -0.25) is 4.79 Å². The molecule has 0 aliphatic rings. The number of nitrogens with one attached hydrogen (secondary N) is 1. The van der Waals surface area contributed by atoms with Crippen LogP contribution in [0.15, 0.2) is 24.3 Å². The highest BCUT2D eigenvalue weighted by Crippen LogP contribution is 2.18. The van der Waals surface area contributed by atoms with Crippen molar-refractivity contribution in [1.82, 2.24) is 10.2 Å². The number of carboxylic acid groups (broad SMARTS) is 1. The van der Waals surface area contributed by atoms with Gasteiger partial charge in [-0.25, -0.2) is 4.79 Å². The summed E-state index contributed by atoms with van der Waals surface area (Å²) < 4.78 is 5.92. The van der Waals surface area contributed by atoms with Crippen molar-refractivity contribution in [3.05, 3.63) is 29.8 Å². The zero-order chi connectivity index (χ0) is 17.4. The number of carbonyl (C=O) groups excluding carboxylic acids is 1. The van der Waals surface area contributed by atoms with Crippen LogP contribution in [0.3, 0.4) is 0 Å². The first-order valence-electron chi connectivity index (χ1n) is 7.79. The average Bonchev–Trinajstić information content (AvgIpc) is 2.52. The molecule has 6 nitrogen and oxygen atoms in total. The molecule has 2 atom stereocenters. The summed E-state index contributed by atoms with van der Waals surface area (Å²) in [5, 5.41) is 11.7. The number of amides is 2. The fourth-order valence-electron chi connectivity index (χ4n) is 2.05. The number of aliphatic carboxylic acids is 1. The van der Waals surface area contributed by atoms with E-state index < -0.39 is 11.9 Å². The van der Waals surface area contributed by atoms with Crippen molar-refractivity contribution in [2.75, 3.05) is 20.1 Å². The number of rotatable bonds is 8. The normalized spacial score (nSPS) is 13.0. The Labute approximate surface area is 137 Å². The van der Waals surface area contributed by atoms with E-state index in [-0.39, 0.29) is 18.7 Å². The molecule has 0 saturated carbocycles. The Morgan fingerprint density at radius 1 is 1.35 bits per heavy atom. The van der Waals surface area contributed by atoms with Crippen molar-refractivity contribution in [3.8, 4) is 5.75 Å². The van der Waals surface area contributed by atoms with Gasteiger partial charge in [-0.15, -0.1) is 0 Å². The van der Waals surface area contributed by atoms with Gasteiger partial charge in [0.05, 0.1) is 12.5 Å². The second-order valence-corrected chi connectivity index (χ2v) is 5.72. The topological polar surface area (TPSA) is 78.9 Å². The Morgan fingerprint density at radius 3 is 2.57 bits per heavy atom. The van der Waals surface area contributed by atoms with Crippen molar-refractivity contribution >= 4 is 12.0 Å². The lowest BCUT2D eigenvalue weighted by Gasteiger charge is -2.23. The van der Waals surface area contributed by atoms with Gasteiger partial charge in [-0.05, 0) is 25.0 Å². The monoisotopic (exact) mass is 322 g/mol. The van der Waals surface area contributed by atoms with Crippen LogP contribution in [-0.4, -0.2) is 48.2 Å². The summed E-state index contributed by atoms with van der Waals surface area (Å²) in [7, 11) is 1.58. The van der Waals surface area contributed by atoms with Gasteiger partial charge in [0.15, 0.2) is 0 Å². The van der Waals surface area contributed by atoms with Crippen LogP contribution in [0.2, 0.25) is 0 Å². The molecule has 0 spiro atoms. The second kappa shape index (κ2) is 9.02. The Kier molecular flexibility index (Phi) is 7.38. The molecule has 0 aromatic heterocycles. The second-order valence-electron chi connectivity index (χ2n) is 5.72. The number of benzene rings is 1. The molecule has 0 heterocycles. The molecule has 0 aliphatic heterocycles. The van der Waals surface area contributed by atoms with Crippen molar-refractivity contribution < 1.29 is 19.4 Å². The molecule has 0 bridgehead atoms. The Balaban J connectivity index is 2.49. The minimum atomic E-state index is -0.918. The number of hydrogen-bond donors (Lipinski definition) is 2. The molecule has 0 aliphatic carbocycles. The van der Waals surface area contributed by atoms with Crippen molar-refractivity contribution in [1.29, 1.82) is 0 Å². The molecule has 23 heavy (non-hydrogen) atoms. The number of para-hydroxylation sites is 1. The molecule has 128 valence electrons. The predicted molar refractivity (Wildman–Crippen MR) is 88.7 cm³/mol. The van der Waals surface area contributed by atoms with Gasteiger partial charge in [0.25, 0.3) is 0 Å². The van der Waals surface area contributed by atoms with E-state index in [4.69, 9.17) is 9.84 Å². The summed E-state index contributed by atoms with van der Waals surface area (Å²) in [6.07, 6.45) is 0.620. The summed E-state index contributed by atoms with van der Waals surface area (Å²) in [6, 6.07) is 7.44. The fraction of sp³-hybridized carbons (Fsp3) is 0.529. The third-order valence-electron chi connectivity index (χ3n) is 3.64. The summed E-state index contributed by atoms with van der Waals surface area (Å²) in [6.45, 7) is 6.07. The number of nitrogens with zero attached hydrogens (tertiary/aromatic N) is 1. The zero-order valence-corrected chi connectivity index (χ0v) is 14.2. The van der Waals surface area contributed by atoms with Gasteiger partial charge in [-0.1, -0.05) is 32.0 Å². The highest BCUT2D eigenvalue weighted by atomic mass is 16.5. The average molecular weight is 322 g/mol. The molecular weight excluding hydrogens is 296 g/mol. The Bertz CT molecular complexity index is 533. The maximum absolute atomic E-state index is 12.0. The van der Waals surface area contributed by atoms with Gasteiger partial charge in [-0.2, -0.15) is 0 Å². The fourth-order valence-corrected chi connectivity index (χ4v) is 2.05. The van der Waals surface area contributed by atoms with Crippen LogP contribution in [0.25, 0.3) is 0 Å². The minimum Gasteiger partial charge on any atom is -0.488 e. The number of urea groups is 1. The number of aryl methyl sites for hydroxylation is 1. The standard InChI is InChI=1S/C17H26N2O4/c1-5-14(23-15-9-7-6-8-12(15)2)10-18-17(22)19(4)11-13(3)16(20)21/h6-9,13-14H,5,10-11H2,1-4H3,(H,18,22)(H,20,21). The van der Waals surface area contributed by atoms with Gasteiger partial charge < -0.3 is 20.1 Å². The first-order valence-corrected chi connectivity index (χ1v) is 7.79. The van der Waals surface area contributed by atoms with E-state index in [1.54, 1.807) is 14.0 Å². The quantitative estimate of drug-likeness (QED) is 0.771. The van der Waals surface area contributed by atoms with Crippen LogP contribution in [0.4, 0.5) is 4.79 Å². The molecule has 0 fully saturated rings. The Morgan fingerprint density at radius 2 is 2.00 bits per heavy atom. The largest absolute Gasteiger partial charge is 0.488 e. The van der Waals surface area contributed by atoms with E-state index in [9.17, 15) is 9.59 Å². The molecule has 2 N–H and O–H groups in total. The lowest BCUT2D eigenvalue weighted by atomic mass is 10.2. The number of hydrogen-bond acceptors (Lipinski definition) is 3. The first kappa shape index (κ1) is 18.8. The first-order chi connectivity index (χ1) is 10.8. The zero-order valence-electron chi connectivity index (χ0n) is 14.2. The Hall–Kier alpha value is -2.24. The molecule has 6 heteroatoms. The van der Waals surface area contributed by atoms with Gasteiger partial charge >= 0.3 is 12.0 Å². The molecule has 0 saturated heterocycles. The third kappa shape index (κ3) is 6.18. The van der Waals surface area contributed by atoms with E-state index >= 15 is 0 Å². The maximum Gasteiger partial charge on any atom is 0.317 e. The third-order valence-corrected chi connectivity index (χ3v) is 3.64. The maximum atomic E-state index is 12.0. The van der Waals surface area contributed by atoms with Crippen LogP contribution < -0.4 is 10.1 Å². The van der Waals surface area contributed by atoms with Gasteiger partial charge in [0, 0.05) is 13.6 Å². The molecule has 1 aromatic carbocycles. The van der Waals surface area contributed by atoms with E-state index in [0.29, 0.717) is 6.54 Å². The molecule has 2 unspecified atom stereocenters. The van der Waals surface area contributed by atoms with E-state index in [0.717, 1.165) is 17.7 Å². The molecule has 1 aromatic rings. The number of carbonyl (C=O) groups is 2. The summed E-state index contributed by atoms with van der Waals surface area (Å²) >= 11 is 0. The SMILES string of the molecule is CCC(CNC(=O)N(C)CC(C)C(=O)O)Oc1ccccc1C. The molecule has 0 radical (unpaired) electrons. The minimum absolute atomic E-state index is 0.134. The highest BCUT2D eigenvalue weighted by Gasteiger charge is 2.18. The van der Waals surface area contributed by atoms with Crippen molar-refractivity contribution in [3.63, 3.8) is 0 Å². The molecular formula is C17H26N2O4. The summed E-state index contributed by atoms with van der Waals surface area (Å²) in [4.78, 5) is 24.2. The van der Waals surface area contributed by atoms with Crippen molar-refractivity contribution in [2.45, 2.75) is 33.3 Å². The molecule has 1 rings (SSSR count). The smallest absolute Gasteiger partial charge is 0.317 e. The van der Waals surface area contributed by atoms with Crippen molar-refractivity contribution in [2.24, 2.45) is 5.92 Å². The van der Waals surface area contributed by atoms with Crippen LogP contribution in [0, 0.1) is 12.8 Å². The number of ether oxygens (including phenoxy) is 1. The number of carboxylic acids is 1. The van der Waals surface area contributed by atoms with E-state index in [2.05, 4.69) is 5.32 Å². The van der Waals surface area contributed by atoms with Crippen LogP contribution in [0.5, 0.6) is 5.75 Å². The summed E-state index contributed by atoms with van der Waals surface area (Å²) in [5.74, 6) is -0.712. The highest BCUT2D eigenvalue weighted by molar-refractivity contribution is 5.75. The van der Waals surface area contributed by atoms with E-state index in [1.807, 2.05) is 38.1 Å². The van der Waals surface area contributed by atoms with Gasteiger partial charge in [0.2, 0.25) is 0 Å². The van der Waals surface area contributed by atoms with Crippen LogP contribution >= 0.6 is 0 Å². The van der Waals surface area contributed by atoms with Crippen LogP contribution in [0.1, 0.15) is 25.8 Å². The lowest BCUT2D eigenvalue weighted by Crippen LogP contribution is -2.44. The van der Waals surface area contributed by atoms with Crippen LogP contribution in [-0.2, 0) is 4.79 Å².